The van der Waals surface area contributed by atoms with E-state index in [4.69, 9.17) is 0 Å². The lowest BCUT2D eigenvalue weighted by atomic mass is 9.92. The van der Waals surface area contributed by atoms with E-state index in [1.54, 1.807) is 6.08 Å². The van der Waals surface area contributed by atoms with Crippen LogP contribution < -0.4 is 4.90 Å². The predicted molar refractivity (Wildman–Crippen MR) is 298 cm³/mol. The summed E-state index contributed by atoms with van der Waals surface area (Å²) in [5.41, 5.74) is 16.5. The fourth-order valence-electron chi connectivity index (χ4n) is 8.24. The molecule has 0 heterocycles. The molecule has 0 radical (unpaired) electrons. The van der Waals surface area contributed by atoms with Crippen molar-refractivity contribution < 1.29 is 0 Å². The van der Waals surface area contributed by atoms with E-state index in [2.05, 4.69) is 226 Å². The molecule has 1 aliphatic carbocycles. The van der Waals surface area contributed by atoms with E-state index >= 15 is 0 Å². The van der Waals surface area contributed by atoms with Crippen molar-refractivity contribution in [3.05, 3.63) is 323 Å². The third kappa shape index (κ3) is 11.6. The van der Waals surface area contributed by atoms with Gasteiger partial charge in [0.25, 0.3) is 0 Å². The van der Waals surface area contributed by atoms with Gasteiger partial charge in [-0.15, -0.1) is 0 Å². The average Bonchev–Trinajstić information content (AvgIpc) is 3.40. The lowest BCUT2D eigenvalue weighted by molar-refractivity contribution is 0.405. The summed E-state index contributed by atoms with van der Waals surface area (Å²) in [4.78, 5) is 4.49. The normalized spacial score (nSPS) is 13.8. The standard InChI is InChI=1S/C66H58N2/c1-8-23-52(10-3)58-38-42-62(43-39-58)68(63-44-40-59(41-45-63)57-27-18-14-19-28-57)64-46-47-65(66(49-64)54(12-5)24-9-2)60-36-34-55(35-37-60)50(6)32-33-51(7)67(61-30-20-15-21-31-61)48-22-29-53(11-4)56-25-16-13-17-26-56/h8-30,32-49,61H,1-7,31H2/b33-32-,48-22+,52-23+,53-29+,54-24+. The zero-order valence-electron chi connectivity index (χ0n) is 38.8. The molecule has 0 aliphatic heterocycles. The maximum Gasteiger partial charge on any atom is 0.0553 e. The monoisotopic (exact) mass is 878 g/mol. The van der Waals surface area contributed by atoms with Crippen molar-refractivity contribution in [2.45, 2.75) is 12.5 Å². The minimum absolute atomic E-state index is 0.137. The molecule has 2 nitrogen and oxygen atoms in total. The van der Waals surface area contributed by atoms with Crippen LogP contribution in [0.1, 0.15) is 28.7 Å². The number of hydrogen-bond acceptors (Lipinski definition) is 2. The average molecular weight is 879 g/mol. The van der Waals surface area contributed by atoms with Gasteiger partial charge in [0.15, 0.2) is 0 Å². The molecule has 1 atom stereocenters. The summed E-state index contributed by atoms with van der Waals surface area (Å²) in [5, 5.41) is 0. The van der Waals surface area contributed by atoms with Gasteiger partial charge in [-0.3, -0.25) is 0 Å². The third-order valence-corrected chi connectivity index (χ3v) is 11.8. The molecule has 7 rings (SSSR count). The van der Waals surface area contributed by atoms with E-state index in [-0.39, 0.29) is 6.04 Å². The molecule has 0 aromatic heterocycles. The van der Waals surface area contributed by atoms with Crippen molar-refractivity contribution in [1.82, 2.24) is 4.90 Å². The molecule has 332 valence electrons. The maximum absolute atomic E-state index is 4.49. The van der Waals surface area contributed by atoms with Crippen LogP contribution in [0.25, 0.3) is 44.5 Å². The van der Waals surface area contributed by atoms with Crippen LogP contribution in [0, 0.1) is 0 Å². The van der Waals surface area contributed by atoms with Crippen LogP contribution in [0.5, 0.6) is 0 Å². The molecule has 68 heavy (non-hydrogen) atoms. The predicted octanol–water partition coefficient (Wildman–Crippen LogP) is 18.1. The molecule has 1 unspecified atom stereocenters. The molecule has 0 spiro atoms. The van der Waals surface area contributed by atoms with Crippen molar-refractivity contribution in [3.63, 3.8) is 0 Å². The van der Waals surface area contributed by atoms with Gasteiger partial charge in [-0.25, -0.2) is 0 Å². The van der Waals surface area contributed by atoms with Crippen LogP contribution in [0.2, 0.25) is 0 Å². The van der Waals surface area contributed by atoms with Crippen LogP contribution in [0.4, 0.5) is 17.1 Å². The Balaban J connectivity index is 1.19. The molecular weight excluding hydrogens is 821 g/mol. The van der Waals surface area contributed by atoms with E-state index in [0.717, 1.165) is 90.4 Å². The highest BCUT2D eigenvalue weighted by Gasteiger charge is 2.18. The number of hydrogen-bond donors (Lipinski definition) is 0. The van der Waals surface area contributed by atoms with Gasteiger partial charge in [0, 0.05) is 29.0 Å². The van der Waals surface area contributed by atoms with Crippen molar-refractivity contribution in [2.75, 3.05) is 4.90 Å². The summed E-state index contributed by atoms with van der Waals surface area (Å²) in [7, 11) is 0. The van der Waals surface area contributed by atoms with Gasteiger partial charge < -0.3 is 9.80 Å². The quantitative estimate of drug-likeness (QED) is 0.0705. The van der Waals surface area contributed by atoms with Crippen molar-refractivity contribution in [1.29, 1.82) is 0 Å². The Hall–Kier alpha value is -8.72. The second-order valence-corrected chi connectivity index (χ2v) is 16.1. The molecule has 0 amide bonds. The molecule has 0 fully saturated rings. The van der Waals surface area contributed by atoms with E-state index in [9.17, 15) is 0 Å². The first-order valence-corrected chi connectivity index (χ1v) is 22.8. The fraction of sp³-hybridized carbons (Fsp3) is 0.0303. The number of benzene rings is 6. The number of rotatable bonds is 20. The summed E-state index contributed by atoms with van der Waals surface area (Å²) in [6.07, 6.45) is 33.0. The smallest absolute Gasteiger partial charge is 0.0553 e. The van der Waals surface area contributed by atoms with Gasteiger partial charge in [0.05, 0.1) is 6.04 Å². The molecule has 2 heteroatoms. The Bertz CT molecular complexity index is 3000. The zero-order chi connectivity index (χ0) is 47.7. The molecule has 1 aliphatic rings. The van der Waals surface area contributed by atoms with Crippen LogP contribution in [0.15, 0.2) is 301 Å². The Morgan fingerprint density at radius 1 is 0.500 bits per heavy atom. The molecule has 0 N–H and O–H groups in total. The number of allylic oxidation sites excluding steroid dienone is 17. The van der Waals surface area contributed by atoms with Gasteiger partial charge in [-0.05, 0) is 122 Å². The van der Waals surface area contributed by atoms with Gasteiger partial charge in [0.1, 0.15) is 0 Å². The van der Waals surface area contributed by atoms with Gasteiger partial charge in [-0.1, -0.05) is 240 Å². The molecule has 0 saturated carbocycles. The van der Waals surface area contributed by atoms with E-state index < -0.39 is 0 Å². The largest absolute Gasteiger partial charge is 0.341 e. The summed E-state index contributed by atoms with van der Waals surface area (Å²) in [5.74, 6) is 0. The van der Waals surface area contributed by atoms with Crippen molar-refractivity contribution in [2.24, 2.45) is 0 Å². The van der Waals surface area contributed by atoms with Gasteiger partial charge in [0.2, 0.25) is 0 Å². The molecule has 6 aromatic rings. The minimum atomic E-state index is 0.137. The molecule has 6 aromatic carbocycles. The van der Waals surface area contributed by atoms with Crippen molar-refractivity contribution in [3.8, 4) is 22.3 Å². The summed E-state index contributed by atoms with van der Waals surface area (Å²) >= 11 is 0. The van der Waals surface area contributed by atoms with Crippen LogP contribution >= 0.6 is 0 Å². The SMILES string of the molecule is C=C/C=C(\C=C)c1ccc(N(c2ccc(-c3ccccc3)cc2)c2ccc(-c3ccc(C(=C)/C=C\C(=C)N(/C=C/C=C(\C=C)c4ccccc4)C4C=CC=CC4)cc3)c(/C(C=C)=C/C=C)c2)cc1. The van der Waals surface area contributed by atoms with Crippen molar-refractivity contribution >= 4 is 39.4 Å². The Morgan fingerprint density at radius 2 is 1.04 bits per heavy atom. The summed E-state index contributed by atoms with van der Waals surface area (Å²) in [6.45, 7) is 29.2. The molecule has 0 bridgehead atoms. The zero-order valence-corrected chi connectivity index (χ0v) is 38.8. The van der Waals surface area contributed by atoms with Crippen LogP contribution in [-0.2, 0) is 0 Å². The number of anilines is 3. The summed E-state index contributed by atoms with van der Waals surface area (Å²) < 4.78 is 0. The highest BCUT2D eigenvalue weighted by Crippen LogP contribution is 2.41. The Labute approximate surface area is 405 Å². The highest BCUT2D eigenvalue weighted by atomic mass is 15.1. The Morgan fingerprint density at radius 3 is 1.66 bits per heavy atom. The summed E-state index contributed by atoms with van der Waals surface area (Å²) in [6, 6.07) is 53.4. The second kappa shape index (κ2) is 23.5. The molecule has 0 saturated heterocycles. The first kappa shape index (κ1) is 47.2. The highest BCUT2D eigenvalue weighted by molar-refractivity contribution is 5.91. The van der Waals surface area contributed by atoms with Crippen LogP contribution in [-0.4, -0.2) is 10.9 Å². The minimum Gasteiger partial charge on any atom is -0.341 e. The van der Waals surface area contributed by atoms with Crippen LogP contribution in [0.3, 0.4) is 0 Å². The fourth-order valence-corrected chi connectivity index (χ4v) is 8.24. The van der Waals surface area contributed by atoms with Gasteiger partial charge >= 0.3 is 0 Å². The van der Waals surface area contributed by atoms with Gasteiger partial charge in [-0.2, -0.15) is 0 Å². The first-order chi connectivity index (χ1) is 33.3. The molecular formula is C66H58N2. The second-order valence-electron chi connectivity index (χ2n) is 16.1. The lowest BCUT2D eigenvalue weighted by Crippen LogP contribution is -2.27. The lowest BCUT2D eigenvalue weighted by Gasteiger charge is -2.29. The van der Waals surface area contributed by atoms with E-state index in [0.29, 0.717) is 0 Å². The maximum atomic E-state index is 4.49. The third-order valence-electron chi connectivity index (χ3n) is 11.8. The van der Waals surface area contributed by atoms with E-state index in [1.807, 2.05) is 72.9 Å². The number of nitrogens with zero attached hydrogens (tertiary/aromatic N) is 2. The Kier molecular flexibility index (Phi) is 16.3. The first-order valence-electron chi connectivity index (χ1n) is 22.8. The van der Waals surface area contributed by atoms with E-state index in [1.165, 1.54) is 5.56 Å². The topological polar surface area (TPSA) is 6.48 Å².